The third-order valence-electron chi connectivity index (χ3n) is 7.08. The van der Waals surface area contributed by atoms with Gasteiger partial charge in [0.15, 0.2) is 0 Å². The number of methoxy groups -OCH3 is 1. The van der Waals surface area contributed by atoms with E-state index >= 15 is 0 Å². The second-order valence-electron chi connectivity index (χ2n) is 9.18. The Morgan fingerprint density at radius 1 is 1.36 bits per heavy atom. The topological polar surface area (TPSA) is 94.9 Å². The van der Waals surface area contributed by atoms with Gasteiger partial charge in [-0.3, -0.25) is 15.0 Å². The molecule has 1 aromatic carbocycles. The monoisotopic (exact) mass is 549 g/mol. The summed E-state index contributed by atoms with van der Waals surface area (Å²) in [5, 5.41) is 26.0. The van der Waals surface area contributed by atoms with E-state index in [9.17, 15) is 15.1 Å². The number of benzene rings is 1. The smallest absolute Gasteiger partial charge is 0.249 e. The largest absolute Gasteiger partial charge is 0.497 e. The number of hydroxylamine groups is 1. The number of ether oxygens (including phenoxy) is 1. The average Bonchev–Trinajstić information content (AvgIpc) is 3.43. The van der Waals surface area contributed by atoms with Crippen LogP contribution in [0.25, 0.3) is 10.9 Å². The molecule has 36 heavy (non-hydrogen) atoms. The normalized spacial score (nSPS) is 16.7. The first-order valence-corrected chi connectivity index (χ1v) is 14.4. The van der Waals surface area contributed by atoms with Gasteiger partial charge in [0.2, 0.25) is 5.91 Å². The SMILES string of the molecule is COc1ccc2ncc(Cl)c([C@H](O)CCC3(C(=O)NO)CCN(CCCSc4ccsc4)CC3)c2c1. The molecule has 0 unspecified atom stereocenters. The number of halogens is 1. The number of thiophene rings is 1. The molecule has 10 heteroatoms. The number of nitrogens with one attached hydrogen (secondary N) is 1. The van der Waals surface area contributed by atoms with E-state index < -0.39 is 11.5 Å². The van der Waals surface area contributed by atoms with Crippen LogP contribution in [0.2, 0.25) is 5.02 Å². The highest BCUT2D eigenvalue weighted by Crippen LogP contribution is 2.41. The molecular weight excluding hydrogens is 518 g/mol. The van der Waals surface area contributed by atoms with Crippen molar-refractivity contribution in [1.82, 2.24) is 15.4 Å². The summed E-state index contributed by atoms with van der Waals surface area (Å²) in [4.78, 5) is 20.8. The highest BCUT2D eigenvalue weighted by molar-refractivity contribution is 7.99. The number of aliphatic hydroxyl groups excluding tert-OH is 1. The molecule has 2 aromatic heterocycles. The molecule has 1 aliphatic heterocycles. The molecule has 3 heterocycles. The Morgan fingerprint density at radius 2 is 2.17 bits per heavy atom. The number of hydrogen-bond acceptors (Lipinski definition) is 8. The predicted octanol–water partition coefficient (Wildman–Crippen LogP) is 5.54. The van der Waals surface area contributed by atoms with Crippen LogP contribution >= 0.6 is 34.7 Å². The van der Waals surface area contributed by atoms with Crippen molar-refractivity contribution in [3.63, 3.8) is 0 Å². The molecule has 3 aromatic rings. The van der Waals surface area contributed by atoms with Crippen LogP contribution in [0.1, 0.15) is 43.8 Å². The van der Waals surface area contributed by atoms with Crippen molar-refractivity contribution >= 4 is 51.5 Å². The molecule has 0 radical (unpaired) electrons. The summed E-state index contributed by atoms with van der Waals surface area (Å²) >= 11 is 10.0. The van der Waals surface area contributed by atoms with Crippen LogP contribution in [0.4, 0.5) is 0 Å². The fourth-order valence-corrected chi connectivity index (χ4v) is 6.91. The lowest BCUT2D eigenvalue weighted by Crippen LogP contribution is -2.48. The van der Waals surface area contributed by atoms with E-state index in [1.807, 2.05) is 35.4 Å². The van der Waals surface area contributed by atoms with Crippen LogP contribution < -0.4 is 10.2 Å². The molecule has 3 N–H and O–H groups in total. The summed E-state index contributed by atoms with van der Waals surface area (Å²) in [5.74, 6) is 1.33. The number of nitrogens with zero attached hydrogens (tertiary/aromatic N) is 2. The zero-order chi connectivity index (χ0) is 25.5. The highest BCUT2D eigenvalue weighted by Gasteiger charge is 2.41. The lowest BCUT2D eigenvalue weighted by molar-refractivity contribution is -0.143. The van der Waals surface area contributed by atoms with Crippen LogP contribution in [-0.4, -0.2) is 58.6 Å². The first-order chi connectivity index (χ1) is 17.5. The number of pyridine rings is 1. The Kier molecular flexibility index (Phi) is 9.49. The Balaban J connectivity index is 1.38. The van der Waals surface area contributed by atoms with Gasteiger partial charge in [-0.05, 0) is 87.1 Å². The summed E-state index contributed by atoms with van der Waals surface area (Å²) in [6.07, 6.45) is 3.76. The van der Waals surface area contributed by atoms with Gasteiger partial charge in [0.25, 0.3) is 0 Å². The average molecular weight is 550 g/mol. The molecule has 7 nitrogen and oxygen atoms in total. The van der Waals surface area contributed by atoms with Gasteiger partial charge in [0.05, 0.1) is 29.2 Å². The molecule has 1 atom stereocenters. The van der Waals surface area contributed by atoms with Crippen molar-refractivity contribution in [3.8, 4) is 5.75 Å². The van der Waals surface area contributed by atoms with E-state index in [2.05, 4.69) is 26.7 Å². The molecule has 1 aliphatic rings. The van der Waals surface area contributed by atoms with Gasteiger partial charge in [-0.2, -0.15) is 11.3 Å². The molecular formula is C26H32ClN3O4S2. The highest BCUT2D eigenvalue weighted by atomic mass is 35.5. The maximum atomic E-state index is 12.8. The summed E-state index contributed by atoms with van der Waals surface area (Å²) in [6, 6.07) is 7.60. The number of piperidine rings is 1. The second kappa shape index (κ2) is 12.6. The van der Waals surface area contributed by atoms with E-state index in [4.69, 9.17) is 16.3 Å². The lowest BCUT2D eigenvalue weighted by atomic mass is 9.73. The number of thioether (sulfide) groups is 1. The molecule has 194 valence electrons. The molecule has 4 rings (SSSR count). The number of likely N-dealkylation sites (tertiary alicyclic amines) is 1. The zero-order valence-electron chi connectivity index (χ0n) is 20.3. The number of hydrogen-bond donors (Lipinski definition) is 3. The van der Waals surface area contributed by atoms with Crippen molar-refractivity contribution in [2.24, 2.45) is 5.41 Å². The Labute approximate surface area is 224 Å². The van der Waals surface area contributed by atoms with Gasteiger partial charge in [-0.25, -0.2) is 5.48 Å². The number of rotatable bonds is 11. The van der Waals surface area contributed by atoms with Crippen LogP contribution in [0.5, 0.6) is 5.75 Å². The van der Waals surface area contributed by atoms with Crippen molar-refractivity contribution in [3.05, 3.63) is 51.8 Å². The van der Waals surface area contributed by atoms with E-state index in [0.29, 0.717) is 47.5 Å². The predicted molar refractivity (Wildman–Crippen MR) is 145 cm³/mol. The summed E-state index contributed by atoms with van der Waals surface area (Å²) in [5.41, 5.74) is 2.45. The molecule has 0 spiro atoms. The van der Waals surface area contributed by atoms with Gasteiger partial charge in [-0.15, -0.1) is 11.8 Å². The van der Waals surface area contributed by atoms with Gasteiger partial charge in [0.1, 0.15) is 5.75 Å². The minimum atomic E-state index is -0.884. The number of carbonyl (C=O) groups excluding carboxylic acids is 1. The van der Waals surface area contributed by atoms with E-state index in [1.54, 1.807) is 24.6 Å². The third kappa shape index (κ3) is 6.33. The number of aliphatic hydroxyl groups is 1. The van der Waals surface area contributed by atoms with Crippen LogP contribution in [0.3, 0.4) is 0 Å². The lowest BCUT2D eigenvalue weighted by Gasteiger charge is -2.40. The summed E-state index contributed by atoms with van der Waals surface area (Å²) in [7, 11) is 1.58. The Bertz CT molecular complexity index is 1150. The van der Waals surface area contributed by atoms with E-state index in [1.165, 1.54) is 4.90 Å². The van der Waals surface area contributed by atoms with Crippen molar-refractivity contribution < 1.29 is 19.8 Å². The molecule has 0 aliphatic carbocycles. The number of fused-ring (bicyclic) bond motifs is 1. The minimum absolute atomic E-state index is 0.334. The van der Waals surface area contributed by atoms with Crippen molar-refractivity contribution in [1.29, 1.82) is 0 Å². The Morgan fingerprint density at radius 3 is 2.86 bits per heavy atom. The molecule has 0 bridgehead atoms. The first kappa shape index (κ1) is 27.2. The fourth-order valence-electron chi connectivity index (χ4n) is 4.92. The second-order valence-corrected chi connectivity index (χ2v) is 11.5. The first-order valence-electron chi connectivity index (χ1n) is 12.1. The van der Waals surface area contributed by atoms with Gasteiger partial charge in [-0.1, -0.05) is 11.6 Å². The molecule has 1 fully saturated rings. The van der Waals surface area contributed by atoms with Crippen molar-refractivity contribution in [2.45, 2.75) is 43.1 Å². The molecule has 1 saturated heterocycles. The van der Waals surface area contributed by atoms with Gasteiger partial charge < -0.3 is 14.7 Å². The van der Waals surface area contributed by atoms with Crippen LogP contribution in [-0.2, 0) is 4.79 Å². The number of aromatic nitrogens is 1. The Hall–Kier alpha value is -1.88. The number of amides is 1. The minimum Gasteiger partial charge on any atom is -0.497 e. The molecule has 0 saturated carbocycles. The maximum absolute atomic E-state index is 12.8. The van der Waals surface area contributed by atoms with Gasteiger partial charge in [0, 0.05) is 27.4 Å². The standard InChI is InChI=1S/C26H32ClN3O4S2/c1-34-18-3-4-22-20(15-18)24(21(27)16-28-22)23(31)5-7-26(25(32)29-33)8-11-30(12-9-26)10-2-13-36-19-6-14-35-17-19/h3-4,6,14-17,23,31,33H,2,5,7-13H2,1H3,(H,29,32)/t23-/m1/s1. The summed E-state index contributed by atoms with van der Waals surface area (Å²) < 4.78 is 5.34. The third-order valence-corrected chi connectivity index (χ3v) is 9.29. The van der Waals surface area contributed by atoms with E-state index in [0.717, 1.165) is 37.2 Å². The van der Waals surface area contributed by atoms with Crippen LogP contribution in [0.15, 0.2) is 46.1 Å². The fraction of sp³-hybridized carbons (Fsp3) is 0.462. The quantitative estimate of drug-likeness (QED) is 0.125. The maximum Gasteiger partial charge on any atom is 0.249 e. The zero-order valence-corrected chi connectivity index (χ0v) is 22.7. The van der Waals surface area contributed by atoms with E-state index in [-0.39, 0.29) is 5.91 Å². The van der Waals surface area contributed by atoms with Crippen LogP contribution in [0, 0.1) is 5.41 Å². The molecule has 1 amide bonds. The van der Waals surface area contributed by atoms with Crippen molar-refractivity contribution in [2.75, 3.05) is 32.5 Å². The number of carbonyl (C=O) groups is 1. The van der Waals surface area contributed by atoms with Gasteiger partial charge >= 0.3 is 0 Å². The summed E-state index contributed by atoms with van der Waals surface area (Å²) in [6.45, 7) is 2.54.